The van der Waals surface area contributed by atoms with Gasteiger partial charge in [0.2, 0.25) is 0 Å². The molecule has 0 bridgehead atoms. The molecule has 2 aromatic carbocycles. The first-order valence-corrected chi connectivity index (χ1v) is 7.84. The lowest BCUT2D eigenvalue weighted by atomic mass is 10.2. The first-order chi connectivity index (χ1) is 11.4. The number of methoxy groups -OCH3 is 2. The molecule has 5 nitrogen and oxygen atoms in total. The number of nitrogens with one attached hydrogen (secondary N) is 1. The zero-order valence-corrected chi connectivity index (χ0v) is 14.9. The molecule has 2 rings (SSSR count). The monoisotopic (exact) mass is 369 g/mol. The Balaban J connectivity index is 2.11. The number of ether oxygens (including phenoxy) is 3. The van der Waals surface area contributed by atoms with Gasteiger partial charge in [-0.3, -0.25) is 4.79 Å². The standard InChI is InChI=1S/C17H17Cl2NO4/c1-10(24-14-7-11(18)6-12(19)8-14)17(21)20-15-9-13(22-2)4-5-16(15)23-3/h4-10H,1-3H3,(H,20,21). The second-order valence-corrected chi connectivity index (χ2v) is 5.79. The summed E-state index contributed by atoms with van der Waals surface area (Å²) in [6.07, 6.45) is -0.768. The van der Waals surface area contributed by atoms with E-state index in [-0.39, 0.29) is 5.91 Å². The number of hydrogen-bond donors (Lipinski definition) is 1. The van der Waals surface area contributed by atoms with Crippen LogP contribution < -0.4 is 19.5 Å². The predicted molar refractivity (Wildman–Crippen MR) is 94.7 cm³/mol. The van der Waals surface area contributed by atoms with Gasteiger partial charge in [-0.05, 0) is 37.3 Å². The number of rotatable bonds is 6. The lowest BCUT2D eigenvalue weighted by molar-refractivity contribution is -0.122. The Morgan fingerprint density at radius 2 is 1.67 bits per heavy atom. The summed E-state index contributed by atoms with van der Waals surface area (Å²) in [4.78, 5) is 12.4. The second-order valence-electron chi connectivity index (χ2n) is 4.92. The van der Waals surface area contributed by atoms with Crippen molar-refractivity contribution < 1.29 is 19.0 Å². The van der Waals surface area contributed by atoms with Gasteiger partial charge >= 0.3 is 0 Å². The summed E-state index contributed by atoms with van der Waals surface area (Å²) in [6.45, 7) is 1.62. The predicted octanol–water partition coefficient (Wildman–Crippen LogP) is 4.42. The van der Waals surface area contributed by atoms with Crippen molar-refractivity contribution in [3.63, 3.8) is 0 Å². The van der Waals surface area contributed by atoms with Gasteiger partial charge in [0.1, 0.15) is 17.2 Å². The highest BCUT2D eigenvalue weighted by Gasteiger charge is 2.17. The summed E-state index contributed by atoms with van der Waals surface area (Å²) in [5.74, 6) is 1.17. The number of benzene rings is 2. The molecule has 1 unspecified atom stereocenters. The average molecular weight is 370 g/mol. The molecule has 2 aromatic rings. The Morgan fingerprint density at radius 3 is 2.25 bits per heavy atom. The minimum atomic E-state index is -0.768. The second kappa shape index (κ2) is 8.13. The van der Waals surface area contributed by atoms with Crippen LogP contribution in [-0.2, 0) is 4.79 Å². The van der Waals surface area contributed by atoms with Crippen LogP contribution in [0.15, 0.2) is 36.4 Å². The number of carbonyl (C=O) groups is 1. The Morgan fingerprint density at radius 1 is 1.00 bits per heavy atom. The molecule has 0 aliphatic heterocycles. The summed E-state index contributed by atoms with van der Waals surface area (Å²) < 4.78 is 16.0. The van der Waals surface area contributed by atoms with E-state index in [1.165, 1.54) is 7.11 Å². The summed E-state index contributed by atoms with van der Waals surface area (Å²) in [5, 5.41) is 3.61. The van der Waals surface area contributed by atoms with E-state index in [0.717, 1.165) is 0 Å². The van der Waals surface area contributed by atoms with Crippen molar-refractivity contribution in [2.45, 2.75) is 13.0 Å². The van der Waals surface area contributed by atoms with Gasteiger partial charge in [0.25, 0.3) is 5.91 Å². The maximum absolute atomic E-state index is 12.4. The largest absolute Gasteiger partial charge is 0.497 e. The lowest BCUT2D eigenvalue weighted by Crippen LogP contribution is -2.30. The Bertz CT molecular complexity index is 716. The minimum absolute atomic E-state index is 0.349. The Hall–Kier alpha value is -2.11. The summed E-state index contributed by atoms with van der Waals surface area (Å²) in [5.41, 5.74) is 0.487. The molecule has 7 heteroatoms. The van der Waals surface area contributed by atoms with Crippen LogP contribution in [0.1, 0.15) is 6.92 Å². The van der Waals surface area contributed by atoms with E-state index in [1.807, 2.05) is 0 Å². The van der Waals surface area contributed by atoms with Crippen LogP contribution >= 0.6 is 23.2 Å². The third kappa shape index (κ3) is 4.69. The quantitative estimate of drug-likeness (QED) is 0.818. The number of halogens is 2. The molecular formula is C17H17Cl2NO4. The molecule has 0 radical (unpaired) electrons. The Labute approximate surface area is 150 Å². The highest BCUT2D eigenvalue weighted by molar-refractivity contribution is 6.34. The maximum Gasteiger partial charge on any atom is 0.265 e. The molecule has 0 saturated carbocycles. The molecule has 0 heterocycles. The van der Waals surface area contributed by atoms with E-state index in [2.05, 4.69) is 5.32 Å². The van der Waals surface area contributed by atoms with E-state index >= 15 is 0 Å². The smallest absolute Gasteiger partial charge is 0.265 e. The molecule has 0 aliphatic carbocycles. The van der Waals surface area contributed by atoms with E-state index in [0.29, 0.717) is 33.0 Å². The summed E-state index contributed by atoms with van der Waals surface area (Å²) in [7, 11) is 3.06. The van der Waals surface area contributed by atoms with Gasteiger partial charge in [-0.2, -0.15) is 0 Å². The molecule has 1 atom stereocenters. The fraction of sp³-hybridized carbons (Fsp3) is 0.235. The van der Waals surface area contributed by atoms with Gasteiger partial charge in [-0.25, -0.2) is 0 Å². The molecule has 0 spiro atoms. The van der Waals surface area contributed by atoms with E-state index in [4.69, 9.17) is 37.4 Å². The molecule has 1 amide bonds. The van der Waals surface area contributed by atoms with Crippen molar-refractivity contribution in [1.82, 2.24) is 0 Å². The van der Waals surface area contributed by atoms with E-state index in [9.17, 15) is 4.79 Å². The molecule has 128 valence electrons. The first-order valence-electron chi connectivity index (χ1n) is 7.08. The van der Waals surface area contributed by atoms with Crippen molar-refractivity contribution >= 4 is 34.8 Å². The number of hydrogen-bond acceptors (Lipinski definition) is 4. The fourth-order valence-electron chi connectivity index (χ4n) is 2.00. The number of amides is 1. The van der Waals surface area contributed by atoms with Crippen LogP contribution in [-0.4, -0.2) is 26.2 Å². The molecule has 24 heavy (non-hydrogen) atoms. The minimum Gasteiger partial charge on any atom is -0.497 e. The molecule has 0 fully saturated rings. The third-order valence-electron chi connectivity index (χ3n) is 3.18. The third-order valence-corrected chi connectivity index (χ3v) is 3.62. The molecule has 0 aliphatic rings. The van der Waals surface area contributed by atoms with E-state index < -0.39 is 6.10 Å². The maximum atomic E-state index is 12.4. The van der Waals surface area contributed by atoms with Crippen molar-refractivity contribution in [2.75, 3.05) is 19.5 Å². The van der Waals surface area contributed by atoms with Gasteiger partial charge in [-0.15, -0.1) is 0 Å². The number of anilines is 1. The van der Waals surface area contributed by atoms with Gasteiger partial charge in [0.15, 0.2) is 6.10 Å². The van der Waals surface area contributed by atoms with Gasteiger partial charge in [-0.1, -0.05) is 23.2 Å². The normalized spacial score (nSPS) is 11.5. The zero-order chi connectivity index (χ0) is 17.7. The van der Waals surface area contributed by atoms with Crippen molar-refractivity contribution in [1.29, 1.82) is 0 Å². The lowest BCUT2D eigenvalue weighted by Gasteiger charge is -2.17. The first kappa shape index (κ1) is 18.2. The highest BCUT2D eigenvalue weighted by atomic mass is 35.5. The molecule has 1 N–H and O–H groups in total. The summed E-state index contributed by atoms with van der Waals surface area (Å²) >= 11 is 11.8. The van der Waals surface area contributed by atoms with Crippen LogP contribution in [0.5, 0.6) is 17.2 Å². The molecule has 0 saturated heterocycles. The molecular weight excluding hydrogens is 353 g/mol. The van der Waals surface area contributed by atoms with Crippen LogP contribution in [0.25, 0.3) is 0 Å². The van der Waals surface area contributed by atoms with E-state index in [1.54, 1.807) is 50.4 Å². The number of carbonyl (C=O) groups excluding carboxylic acids is 1. The van der Waals surface area contributed by atoms with Crippen LogP contribution in [0.2, 0.25) is 10.0 Å². The van der Waals surface area contributed by atoms with Gasteiger partial charge in [0.05, 0.1) is 19.9 Å². The Kier molecular flexibility index (Phi) is 6.17. The average Bonchev–Trinajstić information content (AvgIpc) is 2.53. The van der Waals surface area contributed by atoms with Crippen LogP contribution in [0.4, 0.5) is 5.69 Å². The van der Waals surface area contributed by atoms with Crippen LogP contribution in [0.3, 0.4) is 0 Å². The van der Waals surface area contributed by atoms with Gasteiger partial charge < -0.3 is 19.5 Å². The van der Waals surface area contributed by atoms with Crippen molar-refractivity contribution in [2.24, 2.45) is 0 Å². The van der Waals surface area contributed by atoms with Crippen molar-refractivity contribution in [3.05, 3.63) is 46.4 Å². The van der Waals surface area contributed by atoms with Gasteiger partial charge in [0, 0.05) is 16.1 Å². The topological polar surface area (TPSA) is 56.8 Å². The highest BCUT2D eigenvalue weighted by Crippen LogP contribution is 2.29. The summed E-state index contributed by atoms with van der Waals surface area (Å²) in [6, 6.07) is 9.87. The fourth-order valence-corrected chi connectivity index (χ4v) is 2.51. The SMILES string of the molecule is COc1ccc(OC)c(NC(=O)C(C)Oc2cc(Cl)cc(Cl)c2)c1. The van der Waals surface area contributed by atoms with Crippen LogP contribution in [0, 0.1) is 0 Å². The zero-order valence-electron chi connectivity index (χ0n) is 13.4. The van der Waals surface area contributed by atoms with Crippen molar-refractivity contribution in [3.8, 4) is 17.2 Å². The molecule has 0 aromatic heterocycles.